The van der Waals surface area contributed by atoms with E-state index in [1.807, 2.05) is 0 Å². The average Bonchev–Trinajstić information content (AvgIpc) is 2.88. The number of amides is 1. The van der Waals surface area contributed by atoms with Gasteiger partial charge in [-0.2, -0.15) is 0 Å². The van der Waals surface area contributed by atoms with Crippen molar-refractivity contribution in [3.05, 3.63) is 44.0 Å². The summed E-state index contributed by atoms with van der Waals surface area (Å²) in [5.74, 6) is -2.27. The van der Waals surface area contributed by atoms with Gasteiger partial charge in [0.2, 0.25) is 0 Å². The van der Waals surface area contributed by atoms with Crippen LogP contribution in [0.5, 0.6) is 0 Å². The van der Waals surface area contributed by atoms with E-state index < -0.39 is 45.2 Å². The number of aliphatic hydroxyl groups is 1. The first-order chi connectivity index (χ1) is 10.7. The number of β-amino-alcohol motifs (C(OH)–C–C–N with tert-alkyl or cyclic N) is 1. The Bertz CT molecular complexity index is 671. The van der Waals surface area contributed by atoms with E-state index >= 15 is 0 Å². The van der Waals surface area contributed by atoms with Crippen LogP contribution in [0.15, 0.2) is 18.2 Å². The van der Waals surface area contributed by atoms with Crippen LogP contribution < -0.4 is 0 Å². The topological polar surface area (TPSA) is 164 Å². The number of carboxylic acids is 1. The molecule has 1 amide bonds. The maximum absolute atomic E-state index is 12.4. The van der Waals surface area contributed by atoms with Crippen LogP contribution in [0.4, 0.5) is 11.4 Å². The first kappa shape index (κ1) is 16.3. The van der Waals surface area contributed by atoms with Crippen molar-refractivity contribution in [1.82, 2.24) is 4.90 Å². The summed E-state index contributed by atoms with van der Waals surface area (Å²) in [5, 5.41) is 40.2. The quantitative estimate of drug-likeness (QED) is 0.583. The molecule has 1 aliphatic heterocycles. The van der Waals surface area contributed by atoms with Gasteiger partial charge in [0.15, 0.2) is 0 Å². The lowest BCUT2D eigenvalue weighted by molar-refractivity contribution is -0.394. The highest BCUT2D eigenvalue weighted by molar-refractivity contribution is 5.98. The molecule has 1 aliphatic rings. The number of hydrogen-bond acceptors (Lipinski definition) is 7. The molecule has 0 aliphatic carbocycles. The number of non-ortho nitro benzene ring substituents is 2. The number of hydrogen-bond donors (Lipinski definition) is 2. The fourth-order valence-corrected chi connectivity index (χ4v) is 2.37. The van der Waals surface area contributed by atoms with E-state index in [4.69, 9.17) is 5.11 Å². The molecule has 122 valence electrons. The summed E-state index contributed by atoms with van der Waals surface area (Å²) in [6.07, 6.45) is -1.23. The Morgan fingerprint density at radius 3 is 2.09 bits per heavy atom. The number of carbonyl (C=O) groups is 2. The van der Waals surface area contributed by atoms with Crippen molar-refractivity contribution in [2.45, 2.75) is 18.6 Å². The molecule has 0 saturated carbocycles. The van der Waals surface area contributed by atoms with E-state index in [2.05, 4.69) is 0 Å². The largest absolute Gasteiger partial charge is 0.480 e. The summed E-state index contributed by atoms with van der Waals surface area (Å²) >= 11 is 0. The molecule has 11 nitrogen and oxygen atoms in total. The molecule has 0 radical (unpaired) electrons. The second kappa shape index (κ2) is 5.96. The molecule has 0 spiro atoms. The first-order valence-corrected chi connectivity index (χ1v) is 6.36. The molecule has 0 bridgehead atoms. The molecular weight excluding hydrogens is 314 g/mol. The highest BCUT2D eigenvalue weighted by atomic mass is 16.6. The fourth-order valence-electron chi connectivity index (χ4n) is 2.37. The molecule has 1 saturated heterocycles. The number of likely N-dealkylation sites (tertiary alicyclic amines) is 1. The maximum atomic E-state index is 12.4. The lowest BCUT2D eigenvalue weighted by Crippen LogP contribution is -2.40. The summed E-state index contributed by atoms with van der Waals surface area (Å²) in [6, 6.07) is 1.07. The molecule has 0 unspecified atom stereocenters. The zero-order valence-electron chi connectivity index (χ0n) is 11.5. The zero-order chi connectivity index (χ0) is 17.3. The monoisotopic (exact) mass is 325 g/mol. The van der Waals surface area contributed by atoms with E-state index in [9.17, 15) is 34.9 Å². The lowest BCUT2D eigenvalue weighted by atomic mass is 10.1. The minimum Gasteiger partial charge on any atom is -0.480 e. The minimum atomic E-state index is -1.34. The summed E-state index contributed by atoms with van der Waals surface area (Å²) < 4.78 is 0. The van der Waals surface area contributed by atoms with Crippen LogP contribution in [-0.2, 0) is 4.79 Å². The molecule has 2 atom stereocenters. The van der Waals surface area contributed by atoms with Crippen LogP contribution in [0.3, 0.4) is 0 Å². The predicted octanol–water partition coefficient (Wildman–Crippen LogP) is 0.163. The molecular formula is C12H11N3O8. The van der Waals surface area contributed by atoms with E-state index in [1.165, 1.54) is 0 Å². The van der Waals surface area contributed by atoms with Crippen LogP contribution >= 0.6 is 0 Å². The van der Waals surface area contributed by atoms with Gasteiger partial charge in [0, 0.05) is 25.1 Å². The fraction of sp³-hybridized carbons (Fsp3) is 0.333. The van der Waals surface area contributed by atoms with Gasteiger partial charge in [0.05, 0.1) is 27.6 Å². The van der Waals surface area contributed by atoms with Gasteiger partial charge in [0.1, 0.15) is 6.04 Å². The van der Waals surface area contributed by atoms with Crippen LogP contribution in [0, 0.1) is 20.2 Å². The van der Waals surface area contributed by atoms with Crippen molar-refractivity contribution < 1.29 is 29.6 Å². The minimum absolute atomic E-state index is 0.182. The van der Waals surface area contributed by atoms with Crippen molar-refractivity contribution in [1.29, 1.82) is 0 Å². The molecule has 1 aromatic carbocycles. The standard InChI is InChI=1S/C12H11N3O8/c16-9-4-10(12(18)19)13(5-9)11(17)6-1-7(14(20)21)3-8(2-6)15(22)23/h1-3,9-10,16H,4-5H2,(H,18,19)/t9-,10+/m1/s1. The number of carboxylic acid groups (broad SMARTS) is 1. The number of rotatable bonds is 4. The SMILES string of the molecule is O=C(O)[C@@H]1C[C@@H](O)CN1C(=O)c1cc([N+](=O)[O-])cc([N+](=O)[O-])c1. The van der Waals surface area contributed by atoms with E-state index in [0.29, 0.717) is 6.07 Å². The third kappa shape index (κ3) is 3.23. The van der Waals surface area contributed by atoms with Gasteiger partial charge in [-0.25, -0.2) is 4.79 Å². The van der Waals surface area contributed by atoms with Gasteiger partial charge >= 0.3 is 5.97 Å². The maximum Gasteiger partial charge on any atom is 0.326 e. The highest BCUT2D eigenvalue weighted by Crippen LogP contribution is 2.26. The summed E-state index contributed by atoms with van der Waals surface area (Å²) in [5.41, 5.74) is -1.70. The van der Waals surface area contributed by atoms with E-state index in [1.54, 1.807) is 0 Å². The Hall–Kier alpha value is -3.08. The molecule has 2 N–H and O–H groups in total. The van der Waals surface area contributed by atoms with Crippen molar-refractivity contribution in [2.24, 2.45) is 0 Å². The number of aliphatic carboxylic acids is 1. The number of benzene rings is 1. The van der Waals surface area contributed by atoms with Crippen LogP contribution in [-0.4, -0.2) is 55.5 Å². The summed E-state index contributed by atoms with van der Waals surface area (Å²) in [7, 11) is 0. The van der Waals surface area contributed by atoms with Crippen LogP contribution in [0.2, 0.25) is 0 Å². The van der Waals surface area contributed by atoms with E-state index in [-0.39, 0.29) is 18.5 Å². The van der Waals surface area contributed by atoms with Crippen molar-refractivity contribution in [3.8, 4) is 0 Å². The van der Waals surface area contributed by atoms with Crippen LogP contribution in [0.1, 0.15) is 16.8 Å². The number of carbonyl (C=O) groups excluding carboxylic acids is 1. The summed E-state index contributed by atoms with van der Waals surface area (Å²) in [6.45, 7) is -0.272. The zero-order valence-corrected chi connectivity index (χ0v) is 11.5. The molecule has 2 rings (SSSR count). The first-order valence-electron chi connectivity index (χ1n) is 6.36. The second-order valence-corrected chi connectivity index (χ2v) is 4.95. The number of aliphatic hydroxyl groups excluding tert-OH is 1. The number of nitro groups is 2. The molecule has 23 heavy (non-hydrogen) atoms. The normalized spacial score (nSPS) is 20.3. The molecule has 1 heterocycles. The Labute approximate surface area is 128 Å². The average molecular weight is 325 g/mol. The molecule has 0 aromatic heterocycles. The lowest BCUT2D eigenvalue weighted by Gasteiger charge is -2.20. The Morgan fingerprint density at radius 2 is 1.65 bits per heavy atom. The van der Waals surface area contributed by atoms with Gasteiger partial charge in [-0.3, -0.25) is 25.0 Å². The highest BCUT2D eigenvalue weighted by Gasteiger charge is 2.39. The molecule has 11 heteroatoms. The van der Waals surface area contributed by atoms with Gasteiger partial charge < -0.3 is 15.1 Å². The van der Waals surface area contributed by atoms with Gasteiger partial charge in [-0.15, -0.1) is 0 Å². The van der Waals surface area contributed by atoms with Gasteiger partial charge in [-0.1, -0.05) is 0 Å². The van der Waals surface area contributed by atoms with Crippen LogP contribution in [0.25, 0.3) is 0 Å². The predicted molar refractivity (Wildman–Crippen MR) is 72.8 cm³/mol. The molecule has 1 aromatic rings. The number of nitrogens with zero attached hydrogens (tertiary/aromatic N) is 3. The second-order valence-electron chi connectivity index (χ2n) is 4.95. The Balaban J connectivity index is 2.44. The third-order valence-corrected chi connectivity index (χ3v) is 3.40. The smallest absolute Gasteiger partial charge is 0.326 e. The van der Waals surface area contributed by atoms with Crippen molar-refractivity contribution in [3.63, 3.8) is 0 Å². The Kier molecular flexibility index (Phi) is 4.22. The van der Waals surface area contributed by atoms with Crippen molar-refractivity contribution in [2.75, 3.05) is 6.54 Å². The van der Waals surface area contributed by atoms with E-state index in [0.717, 1.165) is 17.0 Å². The third-order valence-electron chi connectivity index (χ3n) is 3.40. The number of nitro benzene ring substituents is 2. The molecule has 1 fully saturated rings. The Morgan fingerprint density at radius 1 is 1.13 bits per heavy atom. The van der Waals surface area contributed by atoms with Gasteiger partial charge in [0.25, 0.3) is 17.3 Å². The summed E-state index contributed by atoms with van der Waals surface area (Å²) in [4.78, 5) is 44.2. The van der Waals surface area contributed by atoms with Crippen molar-refractivity contribution >= 4 is 23.3 Å². The van der Waals surface area contributed by atoms with Gasteiger partial charge in [-0.05, 0) is 0 Å².